The maximum atomic E-state index is 12.9. The van der Waals surface area contributed by atoms with Crippen LogP contribution in [-0.4, -0.2) is 37.2 Å². The van der Waals surface area contributed by atoms with E-state index in [1.54, 1.807) is 0 Å². The van der Waals surface area contributed by atoms with Crippen LogP contribution >= 0.6 is 0 Å². The van der Waals surface area contributed by atoms with Crippen molar-refractivity contribution in [2.45, 2.75) is 309 Å². The Balaban J connectivity index is 4.29. The molecule has 0 saturated carbocycles. The Morgan fingerprint density at radius 3 is 0.896 bits per heavy atom. The Labute approximate surface area is 476 Å². The van der Waals surface area contributed by atoms with Crippen LogP contribution in [0.4, 0.5) is 0 Å². The molecule has 0 spiro atoms. The molecule has 0 rings (SSSR count). The van der Waals surface area contributed by atoms with Gasteiger partial charge in [-0.15, -0.1) is 0 Å². The lowest BCUT2D eigenvalue weighted by atomic mass is 10.0. The topological polar surface area (TPSA) is 78.9 Å². The third kappa shape index (κ3) is 62.8. The van der Waals surface area contributed by atoms with Gasteiger partial charge in [0.2, 0.25) is 0 Å². The quantitative estimate of drug-likeness (QED) is 0.0261. The summed E-state index contributed by atoms with van der Waals surface area (Å²) in [5.74, 6) is -0.991. The van der Waals surface area contributed by atoms with Crippen molar-refractivity contribution < 1.29 is 28.6 Å². The highest BCUT2D eigenvalue weighted by Crippen LogP contribution is 2.16. The Kier molecular flexibility index (Phi) is 61.3. The van der Waals surface area contributed by atoms with Crippen LogP contribution in [0.5, 0.6) is 0 Å². The minimum Gasteiger partial charge on any atom is -0.462 e. The van der Waals surface area contributed by atoms with E-state index in [4.69, 9.17) is 14.2 Å². The third-order valence-electron chi connectivity index (χ3n) is 13.7. The van der Waals surface area contributed by atoms with E-state index in [-0.39, 0.29) is 37.5 Å². The number of carbonyl (C=O) groups is 3. The second kappa shape index (κ2) is 64.6. The van der Waals surface area contributed by atoms with Gasteiger partial charge in [-0.3, -0.25) is 14.4 Å². The fraction of sp³-hybridized carbons (Fsp3) is 0.704. The van der Waals surface area contributed by atoms with Gasteiger partial charge in [0, 0.05) is 19.3 Å². The molecule has 0 saturated heterocycles. The summed E-state index contributed by atoms with van der Waals surface area (Å²) in [5, 5.41) is 0. The molecule has 77 heavy (non-hydrogen) atoms. The van der Waals surface area contributed by atoms with Gasteiger partial charge >= 0.3 is 17.9 Å². The van der Waals surface area contributed by atoms with Crippen LogP contribution in [-0.2, 0) is 28.6 Å². The van der Waals surface area contributed by atoms with Gasteiger partial charge in [0.05, 0.1) is 0 Å². The number of rotatable bonds is 58. The lowest BCUT2D eigenvalue weighted by molar-refractivity contribution is -0.166. The molecule has 440 valence electrons. The van der Waals surface area contributed by atoms with Crippen molar-refractivity contribution in [3.05, 3.63) is 109 Å². The number of allylic oxidation sites excluding steroid dienone is 18. The highest BCUT2D eigenvalue weighted by Gasteiger charge is 2.19. The second-order valence-electron chi connectivity index (χ2n) is 21.3. The average molecular weight is 1070 g/mol. The van der Waals surface area contributed by atoms with Gasteiger partial charge in [-0.25, -0.2) is 0 Å². The first-order chi connectivity index (χ1) is 38.0. The summed E-state index contributed by atoms with van der Waals surface area (Å²) < 4.78 is 16.8. The van der Waals surface area contributed by atoms with Gasteiger partial charge in [0.15, 0.2) is 6.10 Å². The second-order valence-corrected chi connectivity index (χ2v) is 21.3. The highest BCUT2D eigenvalue weighted by molar-refractivity contribution is 5.71. The number of esters is 3. The van der Waals surface area contributed by atoms with Crippen molar-refractivity contribution in [3.8, 4) is 0 Å². The molecule has 0 aliphatic heterocycles. The van der Waals surface area contributed by atoms with Crippen molar-refractivity contribution in [1.82, 2.24) is 0 Å². The largest absolute Gasteiger partial charge is 0.462 e. The van der Waals surface area contributed by atoms with E-state index in [0.717, 1.165) is 89.9 Å². The summed E-state index contributed by atoms with van der Waals surface area (Å²) in [6.45, 7) is 6.43. The average Bonchev–Trinajstić information content (AvgIpc) is 3.43. The smallest absolute Gasteiger partial charge is 0.306 e. The van der Waals surface area contributed by atoms with Gasteiger partial charge in [-0.05, 0) is 116 Å². The monoisotopic (exact) mass is 1070 g/mol. The fourth-order valence-electron chi connectivity index (χ4n) is 8.91. The molecule has 0 N–H and O–H groups in total. The minimum atomic E-state index is -0.813. The van der Waals surface area contributed by atoms with Crippen molar-refractivity contribution in [1.29, 1.82) is 0 Å². The molecule has 0 amide bonds. The third-order valence-corrected chi connectivity index (χ3v) is 13.7. The van der Waals surface area contributed by atoms with Crippen LogP contribution in [0.2, 0.25) is 0 Å². The van der Waals surface area contributed by atoms with Crippen LogP contribution < -0.4 is 0 Å². The number of carbonyl (C=O) groups excluding carboxylic acids is 3. The zero-order chi connectivity index (χ0) is 55.7. The maximum absolute atomic E-state index is 12.9. The lowest BCUT2D eigenvalue weighted by Crippen LogP contribution is -2.30. The van der Waals surface area contributed by atoms with E-state index < -0.39 is 6.10 Å². The van der Waals surface area contributed by atoms with E-state index in [9.17, 15) is 14.4 Å². The molecule has 6 nitrogen and oxygen atoms in total. The Morgan fingerprint density at radius 1 is 0.273 bits per heavy atom. The maximum Gasteiger partial charge on any atom is 0.306 e. The molecule has 0 heterocycles. The predicted octanol–water partition coefficient (Wildman–Crippen LogP) is 22.2. The summed E-state index contributed by atoms with van der Waals surface area (Å²) in [5.41, 5.74) is 0. The van der Waals surface area contributed by atoms with Crippen molar-refractivity contribution in [2.24, 2.45) is 0 Å². The van der Waals surface area contributed by atoms with Gasteiger partial charge < -0.3 is 14.2 Å². The molecule has 6 heteroatoms. The van der Waals surface area contributed by atoms with E-state index in [0.29, 0.717) is 19.3 Å². The van der Waals surface area contributed by atoms with Crippen LogP contribution in [0.15, 0.2) is 109 Å². The van der Waals surface area contributed by atoms with E-state index in [2.05, 4.69) is 124 Å². The van der Waals surface area contributed by atoms with Crippen LogP contribution in [0.1, 0.15) is 303 Å². The number of ether oxygens (including phenoxy) is 3. The summed E-state index contributed by atoms with van der Waals surface area (Å²) in [4.78, 5) is 38.2. The zero-order valence-electron chi connectivity index (χ0n) is 50.4. The van der Waals surface area contributed by atoms with Gasteiger partial charge in [-0.2, -0.15) is 0 Å². The molecule has 0 aliphatic rings. The first kappa shape index (κ1) is 73.1. The standard InChI is InChI=1S/C71H120O6/c1-4-7-10-13-16-19-22-25-27-29-30-31-32-33-34-35-36-37-38-39-40-42-43-46-49-52-55-58-61-64-70(73)76-67-68(66-75-69(72)63-60-57-54-51-48-45-24-21-18-15-12-9-6-3)77-71(74)65-62-59-56-53-50-47-44-41-28-26-23-20-17-14-11-8-5-2/h9,12,17-18,20-22,25-26,28-30,32-33,45,48,54,57,68H,4-8,10-11,13-16,19,23-24,27,31,34-44,46-47,49-53,55-56,58-67H2,1-3H3/b12-9-,20-17-,21-18-,25-22-,28-26-,30-29-,33-32-,48-45-,57-54-. The fourth-order valence-corrected chi connectivity index (χ4v) is 8.91. The van der Waals surface area contributed by atoms with Crippen LogP contribution in [0.3, 0.4) is 0 Å². The molecule has 0 fully saturated rings. The molecular weight excluding hydrogens is 949 g/mol. The van der Waals surface area contributed by atoms with Crippen LogP contribution in [0.25, 0.3) is 0 Å². The predicted molar refractivity (Wildman–Crippen MR) is 334 cm³/mol. The lowest BCUT2D eigenvalue weighted by Gasteiger charge is -2.18. The number of hydrogen-bond acceptors (Lipinski definition) is 6. The van der Waals surface area contributed by atoms with E-state index in [1.165, 1.54) is 167 Å². The molecule has 1 unspecified atom stereocenters. The molecule has 0 aromatic heterocycles. The highest BCUT2D eigenvalue weighted by atomic mass is 16.6. The molecule has 0 aromatic carbocycles. The first-order valence-electron chi connectivity index (χ1n) is 32.4. The van der Waals surface area contributed by atoms with Crippen molar-refractivity contribution >= 4 is 17.9 Å². The summed E-state index contributed by atoms with van der Waals surface area (Å²) in [6, 6.07) is 0. The normalized spacial score (nSPS) is 12.8. The molecular formula is C71H120O6. The van der Waals surface area contributed by atoms with Gasteiger partial charge in [0.1, 0.15) is 13.2 Å². The number of hydrogen-bond donors (Lipinski definition) is 0. The molecule has 0 aromatic rings. The summed E-state index contributed by atoms with van der Waals surface area (Å²) in [6.07, 6.45) is 88.3. The van der Waals surface area contributed by atoms with Crippen LogP contribution in [0, 0.1) is 0 Å². The Morgan fingerprint density at radius 2 is 0.532 bits per heavy atom. The van der Waals surface area contributed by atoms with E-state index in [1.807, 2.05) is 6.08 Å². The summed E-state index contributed by atoms with van der Waals surface area (Å²) in [7, 11) is 0. The van der Waals surface area contributed by atoms with Gasteiger partial charge in [-0.1, -0.05) is 278 Å². The number of unbranched alkanes of at least 4 members (excludes halogenated alkanes) is 29. The Bertz CT molecular complexity index is 1560. The van der Waals surface area contributed by atoms with E-state index >= 15 is 0 Å². The summed E-state index contributed by atoms with van der Waals surface area (Å²) >= 11 is 0. The zero-order valence-corrected chi connectivity index (χ0v) is 50.4. The minimum absolute atomic E-state index is 0.104. The molecule has 1 atom stereocenters. The van der Waals surface area contributed by atoms with Crippen molar-refractivity contribution in [3.63, 3.8) is 0 Å². The SMILES string of the molecule is CC/C=C\C/C=C\C/C=C\C/C=C\CCC(=O)OCC(COC(=O)CCCCCCCCCCCCCCCC/C=C\C/C=C\C/C=C\CCCCCCC)OC(=O)CCCCCCCCC/C=C\C/C=C\CCCCC. The molecule has 0 radical (unpaired) electrons. The Hall–Kier alpha value is -3.93. The van der Waals surface area contributed by atoms with Crippen molar-refractivity contribution in [2.75, 3.05) is 13.2 Å². The molecule has 0 aliphatic carbocycles. The molecule has 0 bridgehead atoms. The first-order valence-corrected chi connectivity index (χ1v) is 32.4. The van der Waals surface area contributed by atoms with Gasteiger partial charge in [0.25, 0.3) is 0 Å².